The van der Waals surface area contributed by atoms with Gasteiger partial charge in [-0.15, -0.1) is 0 Å². The first-order valence-corrected chi connectivity index (χ1v) is 9.05. The van der Waals surface area contributed by atoms with Gasteiger partial charge in [0, 0.05) is 29.7 Å². The minimum Gasteiger partial charge on any atom is -0.358 e. The third kappa shape index (κ3) is 4.17. The van der Waals surface area contributed by atoms with Crippen LogP contribution >= 0.6 is 0 Å². The van der Waals surface area contributed by atoms with Crippen molar-refractivity contribution in [3.8, 4) is 6.07 Å². The van der Waals surface area contributed by atoms with Crippen molar-refractivity contribution in [3.05, 3.63) is 70.7 Å². The predicted molar refractivity (Wildman–Crippen MR) is 104 cm³/mol. The highest BCUT2D eigenvalue weighted by atomic mass is 19.1. The van der Waals surface area contributed by atoms with Crippen molar-refractivity contribution < 1.29 is 9.18 Å². The number of carbonyl (C=O) groups is 1. The van der Waals surface area contributed by atoms with E-state index in [0.717, 1.165) is 34.1 Å². The van der Waals surface area contributed by atoms with E-state index in [-0.39, 0.29) is 18.1 Å². The first-order chi connectivity index (χ1) is 13.0. The van der Waals surface area contributed by atoms with Crippen LogP contribution in [0.2, 0.25) is 0 Å². The Morgan fingerprint density at radius 1 is 1.22 bits per heavy atom. The minimum atomic E-state index is -0.307. The molecule has 0 spiro atoms. The monoisotopic (exact) mass is 363 g/mol. The number of nitrogens with one attached hydrogen (secondary N) is 1. The summed E-state index contributed by atoms with van der Waals surface area (Å²) in [6.07, 6.45) is 1.08. The molecule has 5 heteroatoms. The summed E-state index contributed by atoms with van der Waals surface area (Å²) in [4.78, 5) is 18.0. The van der Waals surface area contributed by atoms with Gasteiger partial charge in [-0.1, -0.05) is 19.1 Å². The fourth-order valence-electron chi connectivity index (χ4n) is 3.31. The van der Waals surface area contributed by atoms with Crippen molar-refractivity contribution in [1.29, 1.82) is 5.26 Å². The number of benzene rings is 2. The second-order valence-corrected chi connectivity index (χ2v) is 6.72. The number of aryl methyl sites for hydroxylation is 1. The van der Waals surface area contributed by atoms with Crippen LogP contribution in [0, 0.1) is 24.1 Å². The summed E-state index contributed by atoms with van der Waals surface area (Å²) in [5, 5.41) is 9.67. The lowest BCUT2D eigenvalue weighted by atomic mass is 10.1. The summed E-state index contributed by atoms with van der Waals surface area (Å²) in [6, 6.07) is 14.0. The highest BCUT2D eigenvalue weighted by Crippen LogP contribution is 2.24. The second-order valence-electron chi connectivity index (χ2n) is 6.72. The summed E-state index contributed by atoms with van der Waals surface area (Å²) < 4.78 is 13.7. The Labute approximate surface area is 158 Å². The van der Waals surface area contributed by atoms with Crippen molar-refractivity contribution in [2.75, 3.05) is 6.54 Å². The van der Waals surface area contributed by atoms with Crippen molar-refractivity contribution in [2.45, 2.75) is 33.2 Å². The Morgan fingerprint density at radius 3 is 2.63 bits per heavy atom. The van der Waals surface area contributed by atoms with E-state index in [9.17, 15) is 9.18 Å². The van der Waals surface area contributed by atoms with Crippen molar-refractivity contribution in [3.63, 3.8) is 0 Å². The molecule has 0 atom stereocenters. The summed E-state index contributed by atoms with van der Waals surface area (Å²) >= 11 is 0. The number of carbonyl (C=O) groups excluding carboxylic acids is 1. The summed E-state index contributed by atoms with van der Waals surface area (Å²) in [6.45, 7) is 5.08. The molecule has 1 heterocycles. The van der Waals surface area contributed by atoms with Crippen molar-refractivity contribution in [1.82, 2.24) is 9.88 Å². The molecule has 0 aliphatic carbocycles. The second kappa shape index (κ2) is 8.05. The maximum atomic E-state index is 13.7. The predicted octanol–water partition coefficient (Wildman–Crippen LogP) is 4.47. The fourth-order valence-corrected chi connectivity index (χ4v) is 3.31. The molecular formula is C22H22FN3O. The van der Waals surface area contributed by atoms with E-state index >= 15 is 0 Å². The molecule has 27 heavy (non-hydrogen) atoms. The molecular weight excluding hydrogens is 341 g/mol. The van der Waals surface area contributed by atoms with Gasteiger partial charge in [-0.05, 0) is 54.8 Å². The molecule has 0 radical (unpaired) electrons. The van der Waals surface area contributed by atoms with E-state index in [2.05, 4.69) is 11.1 Å². The van der Waals surface area contributed by atoms with Crippen LogP contribution in [-0.2, 0) is 17.8 Å². The molecule has 0 aliphatic heterocycles. The summed E-state index contributed by atoms with van der Waals surface area (Å²) in [7, 11) is 0. The average molecular weight is 363 g/mol. The molecule has 1 amide bonds. The number of halogens is 1. The van der Waals surface area contributed by atoms with Crippen molar-refractivity contribution in [2.24, 2.45) is 0 Å². The van der Waals surface area contributed by atoms with Gasteiger partial charge < -0.3 is 9.88 Å². The molecule has 3 rings (SSSR count). The largest absolute Gasteiger partial charge is 0.358 e. The van der Waals surface area contributed by atoms with Crippen LogP contribution in [0.1, 0.15) is 35.7 Å². The third-order valence-corrected chi connectivity index (χ3v) is 4.71. The molecule has 0 unspecified atom stereocenters. The average Bonchev–Trinajstić information content (AvgIpc) is 2.97. The van der Waals surface area contributed by atoms with E-state index in [4.69, 9.17) is 5.26 Å². The normalized spacial score (nSPS) is 10.7. The zero-order chi connectivity index (χ0) is 19.4. The lowest BCUT2D eigenvalue weighted by Gasteiger charge is -2.22. The quantitative estimate of drug-likeness (QED) is 0.702. The Bertz CT molecular complexity index is 999. The van der Waals surface area contributed by atoms with Gasteiger partial charge >= 0.3 is 0 Å². The van der Waals surface area contributed by atoms with Crippen LogP contribution in [0.4, 0.5) is 4.39 Å². The van der Waals surface area contributed by atoms with Gasteiger partial charge in [0.2, 0.25) is 5.91 Å². The van der Waals surface area contributed by atoms with Gasteiger partial charge in [0.05, 0.1) is 18.1 Å². The molecule has 138 valence electrons. The van der Waals surface area contributed by atoms with Crippen LogP contribution in [0.5, 0.6) is 0 Å². The molecule has 2 aromatic carbocycles. The van der Waals surface area contributed by atoms with Gasteiger partial charge in [-0.2, -0.15) is 5.26 Å². The number of hydrogen-bond acceptors (Lipinski definition) is 2. The SMILES string of the molecule is CCCN(Cc1ccc(C#N)cc1)C(=O)Cc1c(C)[nH]c2ccc(F)cc12. The molecule has 0 saturated carbocycles. The Hall–Kier alpha value is -3.13. The maximum Gasteiger partial charge on any atom is 0.227 e. The van der Waals surface area contributed by atoms with E-state index < -0.39 is 0 Å². The molecule has 1 N–H and O–H groups in total. The number of nitriles is 1. The zero-order valence-corrected chi connectivity index (χ0v) is 15.6. The molecule has 0 bridgehead atoms. The molecule has 0 saturated heterocycles. The van der Waals surface area contributed by atoms with Gasteiger partial charge in [0.25, 0.3) is 0 Å². The van der Waals surface area contributed by atoms with Gasteiger partial charge in [0.1, 0.15) is 5.82 Å². The highest BCUT2D eigenvalue weighted by molar-refractivity contribution is 5.90. The van der Waals surface area contributed by atoms with Crippen LogP contribution in [0.25, 0.3) is 10.9 Å². The van der Waals surface area contributed by atoms with Crippen LogP contribution in [0.3, 0.4) is 0 Å². The number of nitrogens with zero attached hydrogens (tertiary/aromatic N) is 2. The number of aromatic amines is 1. The number of H-pyrrole nitrogens is 1. The topological polar surface area (TPSA) is 59.9 Å². The van der Waals surface area contributed by atoms with Gasteiger partial charge in [-0.3, -0.25) is 4.79 Å². The first kappa shape index (κ1) is 18.7. The van der Waals surface area contributed by atoms with Crippen LogP contribution in [-0.4, -0.2) is 22.3 Å². The molecule has 0 aliphatic rings. The number of rotatable bonds is 6. The number of amides is 1. The van der Waals surface area contributed by atoms with E-state index in [1.807, 2.05) is 30.9 Å². The smallest absolute Gasteiger partial charge is 0.227 e. The standard InChI is InChI=1S/C22H22FN3O/c1-3-10-26(14-17-6-4-16(13-24)5-7-17)22(27)12-19-15(2)25-21-9-8-18(23)11-20(19)21/h4-9,11,25H,3,10,12,14H2,1-2H3. The van der Waals surface area contributed by atoms with Gasteiger partial charge in [-0.25, -0.2) is 4.39 Å². The molecule has 1 aromatic heterocycles. The number of hydrogen-bond donors (Lipinski definition) is 1. The van der Waals surface area contributed by atoms with Crippen LogP contribution in [0.15, 0.2) is 42.5 Å². The molecule has 3 aromatic rings. The van der Waals surface area contributed by atoms with E-state index in [1.165, 1.54) is 12.1 Å². The lowest BCUT2D eigenvalue weighted by Crippen LogP contribution is -2.32. The van der Waals surface area contributed by atoms with Crippen LogP contribution < -0.4 is 0 Å². The van der Waals surface area contributed by atoms with Gasteiger partial charge in [0.15, 0.2) is 0 Å². The summed E-state index contributed by atoms with van der Waals surface area (Å²) in [5.74, 6) is -0.298. The first-order valence-electron chi connectivity index (χ1n) is 9.05. The minimum absolute atomic E-state index is 0.00877. The van der Waals surface area contributed by atoms with E-state index in [0.29, 0.717) is 18.7 Å². The lowest BCUT2D eigenvalue weighted by molar-refractivity contribution is -0.131. The fraction of sp³-hybridized carbons (Fsp3) is 0.273. The number of fused-ring (bicyclic) bond motifs is 1. The maximum absolute atomic E-state index is 13.7. The Kier molecular flexibility index (Phi) is 5.56. The summed E-state index contributed by atoms with van der Waals surface area (Å²) in [5.41, 5.74) is 4.15. The highest BCUT2D eigenvalue weighted by Gasteiger charge is 2.18. The zero-order valence-electron chi connectivity index (χ0n) is 15.6. The molecule has 0 fully saturated rings. The Balaban J connectivity index is 1.82. The number of aromatic nitrogens is 1. The molecule has 4 nitrogen and oxygen atoms in total. The van der Waals surface area contributed by atoms with E-state index in [1.54, 1.807) is 18.2 Å². The third-order valence-electron chi connectivity index (χ3n) is 4.71. The Morgan fingerprint density at radius 2 is 1.96 bits per heavy atom. The van der Waals surface area contributed by atoms with Crippen molar-refractivity contribution >= 4 is 16.8 Å².